The predicted octanol–water partition coefficient (Wildman–Crippen LogP) is 0.706. The highest BCUT2D eigenvalue weighted by molar-refractivity contribution is 5.61. The number of hydrogen-bond acceptors (Lipinski definition) is 9. The molecule has 0 unspecified atom stereocenters. The Balaban J connectivity index is 0.000000241. The number of cyclic esters (lactones) is 4. The first-order valence-corrected chi connectivity index (χ1v) is 4.81. The van der Waals surface area contributed by atoms with Gasteiger partial charge in [-0.15, -0.1) is 0 Å². The van der Waals surface area contributed by atoms with Gasteiger partial charge in [-0.3, -0.25) is 0 Å². The standard InChI is InChI=1S/2C3H4O3.C3H6O3/c2*4-3-5-1-2-6-3;1-5-3(4)6-2/h2*1-2H2;1-2H3. The second-order valence-corrected chi connectivity index (χ2v) is 2.55. The third kappa shape index (κ3) is 9.07. The Kier molecular flexibility index (Phi) is 8.78. The van der Waals surface area contributed by atoms with Crippen molar-refractivity contribution in [2.75, 3.05) is 40.6 Å². The molecular weight excluding hydrogens is 252 g/mol. The van der Waals surface area contributed by atoms with Crippen molar-refractivity contribution in [2.24, 2.45) is 0 Å². The molecular formula is C9H14O9. The number of ether oxygens (including phenoxy) is 6. The van der Waals surface area contributed by atoms with Crippen LogP contribution in [-0.4, -0.2) is 59.1 Å². The molecule has 0 N–H and O–H groups in total. The molecule has 0 aliphatic carbocycles. The molecule has 2 rings (SSSR count). The summed E-state index contributed by atoms with van der Waals surface area (Å²) in [6, 6.07) is 0. The van der Waals surface area contributed by atoms with Gasteiger partial charge in [-0.05, 0) is 0 Å². The first-order chi connectivity index (χ1) is 8.60. The summed E-state index contributed by atoms with van der Waals surface area (Å²) in [5.74, 6) is 0. The minimum atomic E-state index is -0.657. The van der Waals surface area contributed by atoms with E-state index in [0.29, 0.717) is 26.4 Å². The van der Waals surface area contributed by atoms with Gasteiger partial charge in [0.15, 0.2) is 0 Å². The van der Waals surface area contributed by atoms with Gasteiger partial charge in [0, 0.05) is 0 Å². The molecule has 0 bridgehead atoms. The average molecular weight is 266 g/mol. The second-order valence-electron chi connectivity index (χ2n) is 2.55. The molecule has 0 aromatic carbocycles. The summed E-state index contributed by atoms with van der Waals surface area (Å²) < 4.78 is 25.2. The van der Waals surface area contributed by atoms with Gasteiger partial charge in [-0.1, -0.05) is 0 Å². The van der Waals surface area contributed by atoms with Crippen molar-refractivity contribution >= 4 is 18.5 Å². The lowest BCUT2D eigenvalue weighted by molar-refractivity contribution is 0.0924. The summed E-state index contributed by atoms with van der Waals surface area (Å²) in [5, 5.41) is 0. The third-order valence-corrected chi connectivity index (χ3v) is 1.38. The van der Waals surface area contributed by atoms with Crippen LogP contribution in [0.5, 0.6) is 0 Å². The minimum absolute atomic E-state index is 0.416. The number of rotatable bonds is 0. The van der Waals surface area contributed by atoms with Crippen LogP contribution in [0, 0.1) is 0 Å². The van der Waals surface area contributed by atoms with Crippen molar-refractivity contribution in [1.82, 2.24) is 0 Å². The number of hydrogen-bond donors (Lipinski definition) is 0. The Morgan fingerprint density at radius 1 is 0.833 bits per heavy atom. The fraction of sp³-hybridized carbons (Fsp3) is 0.667. The molecule has 9 heteroatoms. The average Bonchev–Trinajstić information content (AvgIpc) is 3.03. The van der Waals surface area contributed by atoms with Crippen molar-refractivity contribution in [2.45, 2.75) is 0 Å². The molecule has 2 heterocycles. The van der Waals surface area contributed by atoms with Crippen LogP contribution in [0.3, 0.4) is 0 Å². The fourth-order valence-corrected chi connectivity index (χ4v) is 0.667. The van der Waals surface area contributed by atoms with Gasteiger partial charge in [-0.25, -0.2) is 14.4 Å². The van der Waals surface area contributed by atoms with E-state index in [4.69, 9.17) is 0 Å². The molecule has 104 valence electrons. The maximum absolute atomic E-state index is 9.80. The Morgan fingerprint density at radius 3 is 1.17 bits per heavy atom. The van der Waals surface area contributed by atoms with E-state index >= 15 is 0 Å². The van der Waals surface area contributed by atoms with Crippen LogP contribution >= 0.6 is 0 Å². The van der Waals surface area contributed by atoms with Crippen LogP contribution < -0.4 is 0 Å². The van der Waals surface area contributed by atoms with Gasteiger partial charge in [0.25, 0.3) is 0 Å². The van der Waals surface area contributed by atoms with E-state index in [1.165, 1.54) is 14.2 Å². The summed E-state index contributed by atoms with van der Waals surface area (Å²) in [5.41, 5.74) is 0. The van der Waals surface area contributed by atoms with Gasteiger partial charge in [0.2, 0.25) is 0 Å². The first-order valence-electron chi connectivity index (χ1n) is 4.81. The first kappa shape index (κ1) is 15.8. The molecule has 9 nitrogen and oxygen atoms in total. The molecule has 18 heavy (non-hydrogen) atoms. The zero-order chi connectivity index (χ0) is 13.8. The maximum atomic E-state index is 9.80. The molecule has 2 aliphatic rings. The highest BCUT2D eigenvalue weighted by atomic mass is 16.8. The topological polar surface area (TPSA) is 107 Å². The van der Waals surface area contributed by atoms with E-state index in [0.717, 1.165) is 0 Å². The van der Waals surface area contributed by atoms with E-state index in [-0.39, 0.29) is 0 Å². The summed E-state index contributed by atoms with van der Waals surface area (Å²) in [7, 11) is 2.51. The summed E-state index contributed by atoms with van der Waals surface area (Å²) in [4.78, 5) is 29.3. The van der Waals surface area contributed by atoms with Gasteiger partial charge in [0.05, 0.1) is 14.2 Å². The quantitative estimate of drug-likeness (QED) is 0.462. The van der Waals surface area contributed by atoms with Crippen LogP contribution in [0.4, 0.5) is 14.4 Å². The third-order valence-electron chi connectivity index (χ3n) is 1.38. The molecule has 2 aliphatic heterocycles. The van der Waals surface area contributed by atoms with E-state index in [1.807, 2.05) is 0 Å². The van der Waals surface area contributed by atoms with Crippen molar-refractivity contribution in [3.05, 3.63) is 0 Å². The summed E-state index contributed by atoms with van der Waals surface area (Å²) in [6.45, 7) is 1.66. The van der Waals surface area contributed by atoms with E-state index in [9.17, 15) is 14.4 Å². The summed E-state index contributed by atoms with van der Waals surface area (Å²) in [6.07, 6.45) is -1.75. The molecule has 2 fully saturated rings. The van der Waals surface area contributed by atoms with Crippen LogP contribution in [0.15, 0.2) is 0 Å². The lowest BCUT2D eigenvalue weighted by atomic mass is 10.8. The van der Waals surface area contributed by atoms with Gasteiger partial charge in [0.1, 0.15) is 26.4 Å². The lowest BCUT2D eigenvalue weighted by Gasteiger charge is -1.89. The smallest absolute Gasteiger partial charge is 0.438 e. The van der Waals surface area contributed by atoms with Crippen molar-refractivity contribution < 1.29 is 42.8 Å². The molecule has 0 spiro atoms. The van der Waals surface area contributed by atoms with Crippen LogP contribution in [-0.2, 0) is 28.4 Å². The Bertz CT molecular complexity index is 230. The Morgan fingerprint density at radius 2 is 1.11 bits per heavy atom. The number of methoxy groups -OCH3 is 2. The van der Waals surface area contributed by atoms with Crippen LogP contribution in [0.1, 0.15) is 0 Å². The number of carbonyl (C=O) groups excluding carboxylic acids is 3. The maximum Gasteiger partial charge on any atom is 0.508 e. The molecule has 2 saturated heterocycles. The molecule has 0 atom stereocenters. The second kappa shape index (κ2) is 10.00. The van der Waals surface area contributed by atoms with Crippen molar-refractivity contribution in [3.63, 3.8) is 0 Å². The largest absolute Gasteiger partial charge is 0.508 e. The molecule has 0 aromatic heterocycles. The Hall–Kier alpha value is -2.19. The molecule has 0 radical (unpaired) electrons. The van der Waals surface area contributed by atoms with Crippen molar-refractivity contribution in [3.8, 4) is 0 Å². The fourth-order valence-electron chi connectivity index (χ4n) is 0.667. The summed E-state index contributed by atoms with van der Waals surface area (Å²) >= 11 is 0. The monoisotopic (exact) mass is 266 g/mol. The lowest BCUT2D eigenvalue weighted by Crippen LogP contribution is -1.97. The highest BCUT2D eigenvalue weighted by Gasteiger charge is 2.09. The Labute approximate surface area is 103 Å². The molecule has 0 saturated carbocycles. The van der Waals surface area contributed by atoms with Gasteiger partial charge >= 0.3 is 18.5 Å². The molecule has 0 amide bonds. The highest BCUT2D eigenvalue weighted by Crippen LogP contribution is 1.92. The predicted molar refractivity (Wildman–Crippen MR) is 54.0 cm³/mol. The van der Waals surface area contributed by atoms with Gasteiger partial charge < -0.3 is 28.4 Å². The van der Waals surface area contributed by atoms with Gasteiger partial charge in [-0.2, -0.15) is 0 Å². The van der Waals surface area contributed by atoms with E-state index in [2.05, 4.69) is 28.4 Å². The van der Waals surface area contributed by atoms with E-state index in [1.54, 1.807) is 0 Å². The van der Waals surface area contributed by atoms with Crippen LogP contribution in [0.25, 0.3) is 0 Å². The van der Waals surface area contributed by atoms with Crippen molar-refractivity contribution in [1.29, 1.82) is 0 Å². The van der Waals surface area contributed by atoms with E-state index < -0.39 is 18.5 Å². The molecule has 0 aromatic rings. The SMILES string of the molecule is COC(=O)OC.O=C1OCCO1.O=C1OCCO1. The normalized spacial score (nSPS) is 15.4. The zero-order valence-corrected chi connectivity index (χ0v) is 10.0. The number of carbonyl (C=O) groups is 3. The zero-order valence-electron chi connectivity index (χ0n) is 10.0. The van der Waals surface area contributed by atoms with Crippen LogP contribution in [0.2, 0.25) is 0 Å². The minimum Gasteiger partial charge on any atom is -0.438 e.